The number of carbonyl (C=O) groups is 1. The molecule has 4 atom stereocenters. The molecule has 0 fully saturated rings. The van der Waals surface area contributed by atoms with Crippen molar-refractivity contribution in [3.8, 4) is 0 Å². The minimum absolute atomic E-state index is 0.376. The van der Waals surface area contributed by atoms with Gasteiger partial charge in [-0.25, -0.2) is 0 Å². The fourth-order valence-corrected chi connectivity index (χ4v) is 7.23. The SMILES string of the molecule is CCCCCCCCCCCCCCCCCCCCC(O)C(=O)NC(CO)C(O)C(O)CCCCCCCCCCCCCCCCCC. The van der Waals surface area contributed by atoms with E-state index < -0.39 is 36.9 Å². The van der Waals surface area contributed by atoms with Gasteiger partial charge in [0.1, 0.15) is 12.2 Å². The topological polar surface area (TPSA) is 110 Å². The third-order valence-electron chi connectivity index (χ3n) is 10.8. The normalized spacial score (nSPS) is 14.1. The maximum Gasteiger partial charge on any atom is 0.249 e. The zero-order valence-corrected chi connectivity index (χ0v) is 33.7. The summed E-state index contributed by atoms with van der Waals surface area (Å²) in [6.07, 6.45) is 41.3. The Balaban J connectivity index is 3.69. The molecule has 0 aromatic heterocycles. The highest BCUT2D eigenvalue weighted by molar-refractivity contribution is 5.80. The van der Waals surface area contributed by atoms with E-state index in [0.717, 1.165) is 38.5 Å². The quantitative estimate of drug-likeness (QED) is 0.0406. The van der Waals surface area contributed by atoms with Gasteiger partial charge >= 0.3 is 0 Å². The van der Waals surface area contributed by atoms with Crippen molar-refractivity contribution in [1.82, 2.24) is 5.32 Å². The van der Waals surface area contributed by atoms with Gasteiger partial charge in [0.05, 0.1) is 18.8 Å². The highest BCUT2D eigenvalue weighted by atomic mass is 16.3. The van der Waals surface area contributed by atoms with Crippen LogP contribution in [-0.2, 0) is 4.79 Å². The number of hydrogen-bond donors (Lipinski definition) is 5. The van der Waals surface area contributed by atoms with E-state index in [2.05, 4.69) is 19.2 Å². The van der Waals surface area contributed by atoms with E-state index in [9.17, 15) is 25.2 Å². The second-order valence-corrected chi connectivity index (χ2v) is 15.8. The number of nitrogens with one attached hydrogen (secondary N) is 1. The first-order valence-corrected chi connectivity index (χ1v) is 22.4. The number of hydrogen-bond acceptors (Lipinski definition) is 5. The number of unbranched alkanes of at least 4 members (excludes halogenated alkanes) is 32. The molecular formula is C44H89NO5. The Kier molecular flexibility index (Phi) is 39.0. The Hall–Kier alpha value is -0.690. The van der Waals surface area contributed by atoms with Gasteiger partial charge in [-0.2, -0.15) is 0 Å². The summed E-state index contributed by atoms with van der Waals surface area (Å²) in [5, 5.41) is 43.7. The highest BCUT2D eigenvalue weighted by Gasteiger charge is 2.28. The van der Waals surface area contributed by atoms with Crippen molar-refractivity contribution in [2.75, 3.05) is 6.61 Å². The Morgan fingerprint density at radius 1 is 0.420 bits per heavy atom. The van der Waals surface area contributed by atoms with E-state index in [1.165, 1.54) is 180 Å². The zero-order chi connectivity index (χ0) is 36.8. The van der Waals surface area contributed by atoms with Crippen LogP contribution >= 0.6 is 0 Å². The van der Waals surface area contributed by atoms with Crippen LogP contribution in [0.15, 0.2) is 0 Å². The fraction of sp³-hybridized carbons (Fsp3) is 0.977. The predicted octanol–water partition coefficient (Wildman–Crippen LogP) is 11.6. The third-order valence-corrected chi connectivity index (χ3v) is 10.8. The van der Waals surface area contributed by atoms with Gasteiger partial charge in [-0.15, -0.1) is 0 Å². The van der Waals surface area contributed by atoms with E-state index >= 15 is 0 Å². The molecule has 0 saturated carbocycles. The smallest absolute Gasteiger partial charge is 0.249 e. The minimum atomic E-state index is -1.25. The van der Waals surface area contributed by atoms with Crippen molar-refractivity contribution in [2.45, 2.75) is 269 Å². The lowest BCUT2D eigenvalue weighted by Gasteiger charge is -2.27. The average Bonchev–Trinajstić information content (AvgIpc) is 3.12. The molecule has 6 nitrogen and oxygen atoms in total. The van der Waals surface area contributed by atoms with Crippen molar-refractivity contribution < 1.29 is 25.2 Å². The van der Waals surface area contributed by atoms with E-state index in [4.69, 9.17) is 0 Å². The van der Waals surface area contributed by atoms with E-state index in [1.807, 2.05) is 0 Å². The van der Waals surface area contributed by atoms with Gasteiger partial charge in [-0.3, -0.25) is 4.79 Å². The molecule has 0 aromatic carbocycles. The Labute approximate surface area is 311 Å². The molecule has 0 radical (unpaired) electrons. The Morgan fingerprint density at radius 3 is 0.960 bits per heavy atom. The molecule has 4 unspecified atom stereocenters. The molecule has 0 aliphatic heterocycles. The lowest BCUT2D eigenvalue weighted by Crippen LogP contribution is -2.53. The summed E-state index contributed by atoms with van der Waals surface area (Å²) in [6, 6.07) is -0.978. The highest BCUT2D eigenvalue weighted by Crippen LogP contribution is 2.17. The molecule has 50 heavy (non-hydrogen) atoms. The molecule has 5 N–H and O–H groups in total. The lowest BCUT2D eigenvalue weighted by molar-refractivity contribution is -0.132. The van der Waals surface area contributed by atoms with Gasteiger partial charge in [0.2, 0.25) is 5.91 Å². The number of rotatable bonds is 41. The molecule has 300 valence electrons. The molecular weight excluding hydrogens is 622 g/mol. The third kappa shape index (κ3) is 33.2. The van der Waals surface area contributed by atoms with Crippen molar-refractivity contribution in [3.63, 3.8) is 0 Å². The number of aliphatic hydroxyl groups excluding tert-OH is 4. The zero-order valence-electron chi connectivity index (χ0n) is 33.7. The maximum absolute atomic E-state index is 12.5. The summed E-state index contributed by atoms with van der Waals surface area (Å²) in [7, 11) is 0. The van der Waals surface area contributed by atoms with Gasteiger partial charge in [0.15, 0.2) is 0 Å². The average molecular weight is 712 g/mol. The minimum Gasteiger partial charge on any atom is -0.394 e. The van der Waals surface area contributed by atoms with Crippen LogP contribution in [0.4, 0.5) is 0 Å². The van der Waals surface area contributed by atoms with Crippen LogP contribution in [0.3, 0.4) is 0 Å². The summed E-state index contributed by atoms with van der Waals surface area (Å²) in [5.74, 6) is -0.579. The van der Waals surface area contributed by atoms with Crippen molar-refractivity contribution >= 4 is 5.91 Å². The number of carbonyl (C=O) groups excluding carboxylic acids is 1. The molecule has 0 bridgehead atoms. The molecule has 6 heteroatoms. The van der Waals surface area contributed by atoms with E-state index in [1.54, 1.807) is 0 Å². The molecule has 1 amide bonds. The van der Waals surface area contributed by atoms with Crippen LogP contribution < -0.4 is 5.32 Å². The van der Waals surface area contributed by atoms with Gasteiger partial charge in [-0.1, -0.05) is 232 Å². The molecule has 0 aliphatic rings. The van der Waals surface area contributed by atoms with Gasteiger partial charge in [-0.05, 0) is 12.8 Å². The van der Waals surface area contributed by atoms with Crippen molar-refractivity contribution in [2.24, 2.45) is 0 Å². The molecule has 0 spiro atoms. The summed E-state index contributed by atoms with van der Waals surface area (Å²) in [4.78, 5) is 12.5. The first-order valence-electron chi connectivity index (χ1n) is 22.4. The summed E-state index contributed by atoms with van der Waals surface area (Å²) >= 11 is 0. The van der Waals surface area contributed by atoms with Crippen molar-refractivity contribution in [3.05, 3.63) is 0 Å². The first-order chi connectivity index (χ1) is 24.5. The monoisotopic (exact) mass is 712 g/mol. The van der Waals surface area contributed by atoms with Gasteiger partial charge in [0.25, 0.3) is 0 Å². The largest absolute Gasteiger partial charge is 0.394 e. The van der Waals surface area contributed by atoms with Crippen LogP contribution in [-0.4, -0.2) is 57.3 Å². The van der Waals surface area contributed by atoms with Crippen molar-refractivity contribution in [1.29, 1.82) is 0 Å². The number of aliphatic hydroxyl groups is 4. The van der Waals surface area contributed by atoms with Crippen LogP contribution in [0.1, 0.15) is 245 Å². The molecule has 0 saturated heterocycles. The summed E-state index contributed by atoms with van der Waals surface area (Å²) < 4.78 is 0. The summed E-state index contributed by atoms with van der Waals surface area (Å²) in [5.41, 5.74) is 0. The molecule has 0 aliphatic carbocycles. The second-order valence-electron chi connectivity index (χ2n) is 15.8. The van der Waals surface area contributed by atoms with E-state index in [-0.39, 0.29) is 0 Å². The Morgan fingerprint density at radius 2 is 0.680 bits per heavy atom. The van der Waals surface area contributed by atoms with E-state index in [0.29, 0.717) is 12.8 Å². The molecule has 0 heterocycles. The van der Waals surface area contributed by atoms with Gasteiger partial charge < -0.3 is 25.7 Å². The summed E-state index contributed by atoms with van der Waals surface area (Å²) in [6.45, 7) is 4.07. The molecule has 0 aromatic rings. The molecule has 0 rings (SSSR count). The maximum atomic E-state index is 12.5. The van der Waals surface area contributed by atoms with Crippen LogP contribution in [0.25, 0.3) is 0 Å². The predicted molar refractivity (Wildman–Crippen MR) is 215 cm³/mol. The Bertz CT molecular complexity index is 677. The number of amides is 1. The lowest BCUT2D eigenvalue weighted by atomic mass is 9.99. The van der Waals surface area contributed by atoms with Crippen LogP contribution in [0, 0.1) is 0 Å². The fourth-order valence-electron chi connectivity index (χ4n) is 7.23. The van der Waals surface area contributed by atoms with Gasteiger partial charge in [0, 0.05) is 0 Å². The van der Waals surface area contributed by atoms with Crippen LogP contribution in [0.5, 0.6) is 0 Å². The standard InChI is InChI=1S/C44H89NO5/c1-3-5-7-9-11-13-15-17-19-21-22-24-26-28-30-32-34-36-38-42(48)44(50)45-40(39-46)43(49)41(47)37-35-33-31-29-27-25-23-20-18-16-14-12-10-8-6-4-2/h40-43,46-49H,3-39H2,1-2H3,(H,45,50). The second kappa shape index (κ2) is 39.5. The van der Waals surface area contributed by atoms with Crippen LogP contribution in [0.2, 0.25) is 0 Å². The first kappa shape index (κ1) is 49.3.